The number of nitrogens with one attached hydrogen (secondary N) is 1. The quantitative estimate of drug-likeness (QED) is 0.482. The van der Waals surface area contributed by atoms with Gasteiger partial charge in [0, 0.05) is 18.3 Å². The van der Waals surface area contributed by atoms with Gasteiger partial charge in [-0.25, -0.2) is 0 Å². The molecule has 3 rings (SSSR count). The van der Waals surface area contributed by atoms with E-state index in [9.17, 15) is 14.9 Å². The number of anilines is 1. The number of hydrogen-bond donors (Lipinski definition) is 1. The molecule has 0 saturated carbocycles. The summed E-state index contributed by atoms with van der Waals surface area (Å²) in [6, 6.07) is 11.1. The van der Waals surface area contributed by atoms with Gasteiger partial charge in [-0.2, -0.15) is 5.10 Å². The van der Waals surface area contributed by atoms with E-state index in [2.05, 4.69) is 10.4 Å². The van der Waals surface area contributed by atoms with E-state index >= 15 is 0 Å². The fraction of sp³-hybridized carbons (Fsp3) is 0.238. The van der Waals surface area contributed by atoms with Crippen molar-refractivity contribution in [3.63, 3.8) is 0 Å². The molecular formula is C21H22N4O4. The van der Waals surface area contributed by atoms with Gasteiger partial charge in [0.25, 0.3) is 5.69 Å². The molecule has 0 aliphatic carbocycles. The summed E-state index contributed by atoms with van der Waals surface area (Å²) in [6.45, 7) is 7.42. The fourth-order valence-corrected chi connectivity index (χ4v) is 2.96. The van der Waals surface area contributed by atoms with E-state index in [4.69, 9.17) is 4.74 Å². The Morgan fingerprint density at radius 1 is 1.10 bits per heavy atom. The maximum absolute atomic E-state index is 12.6. The highest BCUT2D eigenvalue weighted by molar-refractivity contribution is 5.94. The van der Waals surface area contributed by atoms with Crippen molar-refractivity contribution in [2.24, 2.45) is 0 Å². The van der Waals surface area contributed by atoms with Gasteiger partial charge in [0.2, 0.25) is 5.91 Å². The maximum Gasteiger partial charge on any atom is 0.275 e. The number of amides is 1. The lowest BCUT2D eigenvalue weighted by molar-refractivity contribution is -0.384. The molecular weight excluding hydrogens is 372 g/mol. The first-order chi connectivity index (χ1) is 13.7. The standard InChI is InChI=1S/C21H22N4O4/c1-13-7-14(2)9-19(8-13)29-20-11-17(10-18(12-20)25(27)28)22-21(26)16(4)24-6-5-15(3)23-24/h5-12,16H,1-4H3,(H,22,26). The molecule has 3 aromatic rings. The van der Waals surface area contributed by atoms with Crippen molar-refractivity contribution >= 4 is 17.3 Å². The molecule has 0 bridgehead atoms. The average molecular weight is 394 g/mol. The second-order valence-corrected chi connectivity index (χ2v) is 7.00. The molecule has 1 amide bonds. The first-order valence-corrected chi connectivity index (χ1v) is 9.09. The maximum atomic E-state index is 12.6. The van der Waals surface area contributed by atoms with Crippen molar-refractivity contribution in [2.45, 2.75) is 33.7 Å². The molecule has 8 nitrogen and oxygen atoms in total. The van der Waals surface area contributed by atoms with Gasteiger partial charge < -0.3 is 10.1 Å². The highest BCUT2D eigenvalue weighted by Gasteiger charge is 2.18. The van der Waals surface area contributed by atoms with Gasteiger partial charge in [0.15, 0.2) is 0 Å². The summed E-state index contributed by atoms with van der Waals surface area (Å²) in [7, 11) is 0. The first kappa shape index (κ1) is 20.1. The second kappa shape index (κ2) is 8.14. The van der Waals surface area contributed by atoms with Gasteiger partial charge in [-0.1, -0.05) is 6.07 Å². The number of carbonyl (C=O) groups is 1. The van der Waals surface area contributed by atoms with Gasteiger partial charge in [0.1, 0.15) is 17.5 Å². The summed E-state index contributed by atoms with van der Waals surface area (Å²) in [4.78, 5) is 23.4. The van der Waals surface area contributed by atoms with E-state index in [-0.39, 0.29) is 23.0 Å². The van der Waals surface area contributed by atoms with Crippen molar-refractivity contribution in [3.8, 4) is 11.5 Å². The van der Waals surface area contributed by atoms with E-state index < -0.39 is 11.0 Å². The van der Waals surface area contributed by atoms with E-state index in [1.54, 1.807) is 25.3 Å². The van der Waals surface area contributed by atoms with Crippen LogP contribution in [0.3, 0.4) is 0 Å². The molecule has 1 N–H and O–H groups in total. The van der Waals surface area contributed by atoms with E-state index in [1.807, 2.05) is 39.0 Å². The van der Waals surface area contributed by atoms with Crippen LogP contribution in [0.1, 0.15) is 29.8 Å². The zero-order chi connectivity index (χ0) is 21.1. The van der Waals surface area contributed by atoms with E-state index in [0.29, 0.717) is 5.75 Å². The molecule has 0 aliphatic rings. The smallest absolute Gasteiger partial charge is 0.275 e. The Morgan fingerprint density at radius 2 is 1.76 bits per heavy atom. The van der Waals surface area contributed by atoms with E-state index in [1.165, 1.54) is 16.8 Å². The summed E-state index contributed by atoms with van der Waals surface area (Å²) >= 11 is 0. The van der Waals surface area contributed by atoms with Crippen LogP contribution in [-0.4, -0.2) is 20.6 Å². The number of nitro benzene ring substituents is 1. The van der Waals surface area contributed by atoms with Crippen molar-refractivity contribution in [1.29, 1.82) is 0 Å². The van der Waals surface area contributed by atoms with Gasteiger partial charge in [0.05, 0.1) is 22.4 Å². The first-order valence-electron chi connectivity index (χ1n) is 9.09. The van der Waals surface area contributed by atoms with Crippen LogP contribution in [0.25, 0.3) is 0 Å². The highest BCUT2D eigenvalue weighted by Crippen LogP contribution is 2.31. The number of nitro groups is 1. The molecule has 150 valence electrons. The zero-order valence-electron chi connectivity index (χ0n) is 16.7. The molecule has 1 unspecified atom stereocenters. The number of nitrogens with zero attached hydrogens (tertiary/aromatic N) is 3. The number of carbonyl (C=O) groups excluding carboxylic acids is 1. The summed E-state index contributed by atoms with van der Waals surface area (Å²) in [5.74, 6) is 0.494. The summed E-state index contributed by atoms with van der Waals surface area (Å²) in [5.41, 5.74) is 2.93. The number of rotatable bonds is 6. The number of ether oxygens (including phenoxy) is 1. The van der Waals surface area contributed by atoms with Crippen LogP contribution in [-0.2, 0) is 4.79 Å². The van der Waals surface area contributed by atoms with Crippen LogP contribution < -0.4 is 10.1 Å². The molecule has 29 heavy (non-hydrogen) atoms. The normalized spacial score (nSPS) is 11.7. The third-order valence-corrected chi connectivity index (χ3v) is 4.32. The predicted molar refractivity (Wildman–Crippen MR) is 109 cm³/mol. The van der Waals surface area contributed by atoms with Crippen LogP contribution in [0.15, 0.2) is 48.7 Å². The lowest BCUT2D eigenvalue weighted by atomic mass is 10.1. The average Bonchev–Trinajstić information content (AvgIpc) is 3.06. The molecule has 0 aliphatic heterocycles. The van der Waals surface area contributed by atoms with Crippen molar-refractivity contribution in [2.75, 3.05) is 5.32 Å². The lowest BCUT2D eigenvalue weighted by Crippen LogP contribution is -2.24. The lowest BCUT2D eigenvalue weighted by Gasteiger charge is -2.14. The zero-order valence-corrected chi connectivity index (χ0v) is 16.7. The fourth-order valence-electron chi connectivity index (χ4n) is 2.96. The van der Waals surface area contributed by atoms with Crippen LogP contribution in [0.4, 0.5) is 11.4 Å². The molecule has 0 spiro atoms. The van der Waals surface area contributed by atoms with Crippen LogP contribution in [0, 0.1) is 30.9 Å². The molecule has 0 saturated heterocycles. The van der Waals surface area contributed by atoms with Gasteiger partial charge in [-0.15, -0.1) is 0 Å². The number of aromatic nitrogens is 2. The topological polar surface area (TPSA) is 99.3 Å². The molecule has 1 atom stereocenters. The number of non-ortho nitro benzene ring substituents is 1. The molecule has 0 radical (unpaired) electrons. The van der Waals surface area contributed by atoms with Crippen LogP contribution in [0.2, 0.25) is 0 Å². The largest absolute Gasteiger partial charge is 0.457 e. The Morgan fingerprint density at radius 3 is 2.34 bits per heavy atom. The Balaban J connectivity index is 1.86. The minimum atomic E-state index is -0.577. The predicted octanol–water partition coefficient (Wildman–Crippen LogP) is 4.71. The minimum Gasteiger partial charge on any atom is -0.457 e. The van der Waals surface area contributed by atoms with E-state index in [0.717, 1.165) is 16.8 Å². The monoisotopic (exact) mass is 394 g/mol. The molecule has 8 heteroatoms. The van der Waals surface area contributed by atoms with Crippen LogP contribution in [0.5, 0.6) is 11.5 Å². The van der Waals surface area contributed by atoms with Crippen molar-refractivity contribution in [1.82, 2.24) is 9.78 Å². The van der Waals surface area contributed by atoms with Crippen molar-refractivity contribution in [3.05, 3.63) is 75.6 Å². The summed E-state index contributed by atoms with van der Waals surface area (Å²) < 4.78 is 7.36. The minimum absolute atomic E-state index is 0.176. The van der Waals surface area contributed by atoms with Crippen molar-refractivity contribution < 1.29 is 14.5 Å². The number of aryl methyl sites for hydroxylation is 3. The molecule has 1 aromatic heterocycles. The second-order valence-electron chi connectivity index (χ2n) is 7.00. The summed E-state index contributed by atoms with van der Waals surface area (Å²) in [6.07, 6.45) is 1.71. The third kappa shape index (κ3) is 4.98. The highest BCUT2D eigenvalue weighted by atomic mass is 16.6. The van der Waals surface area contributed by atoms with Gasteiger partial charge in [-0.3, -0.25) is 19.6 Å². The number of hydrogen-bond acceptors (Lipinski definition) is 5. The van der Waals surface area contributed by atoms with Gasteiger partial charge in [-0.05, 0) is 57.0 Å². The Hall–Kier alpha value is -3.68. The Bertz CT molecular complexity index is 1050. The summed E-state index contributed by atoms with van der Waals surface area (Å²) in [5, 5.41) is 18.3. The number of benzene rings is 2. The molecule has 2 aromatic carbocycles. The third-order valence-electron chi connectivity index (χ3n) is 4.32. The Labute approximate surface area is 168 Å². The van der Waals surface area contributed by atoms with Crippen LogP contribution >= 0.6 is 0 Å². The molecule has 0 fully saturated rings. The van der Waals surface area contributed by atoms with Gasteiger partial charge >= 0.3 is 0 Å². The molecule has 1 heterocycles. The Kier molecular flexibility index (Phi) is 5.63. The SMILES string of the molecule is Cc1cc(C)cc(Oc2cc(NC(=O)C(C)n3ccc(C)n3)cc([N+](=O)[O-])c2)c1.